The minimum absolute atomic E-state index is 0.0868. The van der Waals surface area contributed by atoms with Crippen molar-refractivity contribution in [3.05, 3.63) is 68.3 Å². The van der Waals surface area contributed by atoms with E-state index in [1.165, 1.54) is 16.7 Å². The molecule has 4 heteroatoms. The van der Waals surface area contributed by atoms with Gasteiger partial charge in [-0.1, -0.05) is 24.3 Å². The van der Waals surface area contributed by atoms with E-state index in [1.54, 1.807) is 25.4 Å². The van der Waals surface area contributed by atoms with E-state index < -0.39 is 0 Å². The average molecular weight is 308 g/mol. The molecular formula is C14H11BrFNO. The Hall–Kier alpha value is -1.68. The normalized spacial score (nSPS) is 11.1. The van der Waals surface area contributed by atoms with Crippen LogP contribution in [0.3, 0.4) is 0 Å². The smallest absolute Gasteiger partial charge is 0.265 e. The van der Waals surface area contributed by atoms with E-state index in [-0.39, 0.29) is 11.4 Å². The molecule has 2 rings (SSSR count). The van der Waals surface area contributed by atoms with Gasteiger partial charge in [-0.3, -0.25) is 4.79 Å². The fourth-order valence-electron chi connectivity index (χ4n) is 1.50. The largest absolute Gasteiger partial charge is 0.318 e. The first-order valence-corrected chi connectivity index (χ1v) is 6.16. The molecule has 0 atom stereocenters. The van der Waals surface area contributed by atoms with E-state index in [4.69, 9.17) is 0 Å². The maximum atomic E-state index is 12.7. The van der Waals surface area contributed by atoms with Crippen molar-refractivity contribution in [1.82, 2.24) is 4.57 Å². The molecule has 0 bridgehead atoms. The van der Waals surface area contributed by atoms with Crippen LogP contribution >= 0.6 is 15.9 Å². The minimum atomic E-state index is -0.262. The van der Waals surface area contributed by atoms with Crippen LogP contribution in [0.25, 0.3) is 12.2 Å². The number of hydrogen-bond donors (Lipinski definition) is 0. The summed E-state index contributed by atoms with van der Waals surface area (Å²) in [7, 11) is 1.70. The Kier molecular flexibility index (Phi) is 3.77. The molecule has 18 heavy (non-hydrogen) atoms. The van der Waals surface area contributed by atoms with Crippen molar-refractivity contribution < 1.29 is 4.39 Å². The molecule has 0 saturated heterocycles. The summed E-state index contributed by atoms with van der Waals surface area (Å²) in [5.74, 6) is -0.262. The van der Waals surface area contributed by atoms with Crippen molar-refractivity contribution in [3.63, 3.8) is 0 Å². The second kappa shape index (κ2) is 5.31. The first kappa shape index (κ1) is 12.8. The quantitative estimate of drug-likeness (QED) is 0.833. The van der Waals surface area contributed by atoms with Crippen LogP contribution in [-0.4, -0.2) is 4.57 Å². The zero-order valence-corrected chi connectivity index (χ0v) is 11.3. The molecule has 1 aromatic heterocycles. The van der Waals surface area contributed by atoms with Gasteiger partial charge in [-0.2, -0.15) is 0 Å². The van der Waals surface area contributed by atoms with Gasteiger partial charge in [0, 0.05) is 13.2 Å². The Morgan fingerprint density at radius 2 is 1.83 bits per heavy atom. The summed E-state index contributed by atoms with van der Waals surface area (Å²) in [5.41, 5.74) is 1.59. The van der Waals surface area contributed by atoms with E-state index in [0.29, 0.717) is 4.47 Å². The fourth-order valence-corrected chi connectivity index (χ4v) is 2.04. The number of pyridine rings is 1. The third kappa shape index (κ3) is 2.76. The van der Waals surface area contributed by atoms with Crippen LogP contribution < -0.4 is 5.56 Å². The molecule has 1 heterocycles. The molecule has 0 radical (unpaired) electrons. The van der Waals surface area contributed by atoms with Crippen molar-refractivity contribution >= 4 is 28.1 Å². The summed E-state index contributed by atoms with van der Waals surface area (Å²) in [6, 6.07) is 8.00. The Morgan fingerprint density at radius 3 is 2.50 bits per heavy atom. The highest BCUT2D eigenvalue weighted by Gasteiger charge is 2.02. The van der Waals surface area contributed by atoms with Gasteiger partial charge in [0.15, 0.2) is 0 Å². The van der Waals surface area contributed by atoms with Crippen molar-refractivity contribution in [1.29, 1.82) is 0 Å². The van der Waals surface area contributed by atoms with E-state index >= 15 is 0 Å². The molecule has 0 aliphatic rings. The van der Waals surface area contributed by atoms with Gasteiger partial charge in [0.1, 0.15) is 5.82 Å². The molecule has 0 N–H and O–H groups in total. The number of aryl methyl sites for hydroxylation is 1. The van der Waals surface area contributed by atoms with Crippen LogP contribution in [0.2, 0.25) is 0 Å². The summed E-state index contributed by atoms with van der Waals surface area (Å²) >= 11 is 3.27. The van der Waals surface area contributed by atoms with E-state index in [0.717, 1.165) is 11.1 Å². The van der Waals surface area contributed by atoms with E-state index in [2.05, 4.69) is 15.9 Å². The number of aromatic nitrogens is 1. The molecule has 0 unspecified atom stereocenters. The maximum Gasteiger partial charge on any atom is 0.265 e. The third-order valence-electron chi connectivity index (χ3n) is 2.56. The Labute approximate surface area is 113 Å². The lowest BCUT2D eigenvalue weighted by Crippen LogP contribution is -2.16. The van der Waals surface area contributed by atoms with E-state index in [1.807, 2.05) is 18.2 Å². The van der Waals surface area contributed by atoms with Gasteiger partial charge < -0.3 is 4.57 Å². The zero-order chi connectivity index (χ0) is 13.1. The second-order valence-electron chi connectivity index (χ2n) is 3.89. The topological polar surface area (TPSA) is 22.0 Å². The fraction of sp³-hybridized carbons (Fsp3) is 0.0714. The lowest BCUT2D eigenvalue weighted by Gasteiger charge is -2.01. The summed E-state index contributed by atoms with van der Waals surface area (Å²) in [4.78, 5) is 11.7. The zero-order valence-electron chi connectivity index (χ0n) is 9.73. The van der Waals surface area contributed by atoms with Crippen molar-refractivity contribution in [2.45, 2.75) is 0 Å². The lowest BCUT2D eigenvalue weighted by molar-refractivity contribution is 0.628. The van der Waals surface area contributed by atoms with Crippen LogP contribution in [0.5, 0.6) is 0 Å². The van der Waals surface area contributed by atoms with Gasteiger partial charge in [0.05, 0.1) is 4.47 Å². The van der Waals surface area contributed by atoms with Crippen molar-refractivity contribution in [2.24, 2.45) is 7.05 Å². The first-order valence-electron chi connectivity index (χ1n) is 5.37. The van der Waals surface area contributed by atoms with Gasteiger partial charge in [-0.25, -0.2) is 4.39 Å². The van der Waals surface area contributed by atoms with Crippen molar-refractivity contribution in [3.8, 4) is 0 Å². The molecule has 0 aliphatic heterocycles. The van der Waals surface area contributed by atoms with Gasteiger partial charge in [0.2, 0.25) is 0 Å². The Morgan fingerprint density at radius 1 is 1.17 bits per heavy atom. The monoisotopic (exact) mass is 307 g/mol. The predicted molar refractivity (Wildman–Crippen MR) is 74.7 cm³/mol. The molecular weight excluding hydrogens is 297 g/mol. The average Bonchev–Trinajstić information content (AvgIpc) is 2.37. The minimum Gasteiger partial charge on any atom is -0.318 e. The number of rotatable bonds is 2. The van der Waals surface area contributed by atoms with Crippen LogP contribution in [0.1, 0.15) is 11.1 Å². The third-order valence-corrected chi connectivity index (χ3v) is 3.36. The highest BCUT2D eigenvalue weighted by Crippen LogP contribution is 2.15. The van der Waals surface area contributed by atoms with Gasteiger partial charge >= 0.3 is 0 Å². The molecule has 0 saturated carbocycles. The highest BCUT2D eigenvalue weighted by molar-refractivity contribution is 9.10. The molecule has 1 aromatic carbocycles. The molecule has 2 nitrogen and oxygen atoms in total. The lowest BCUT2D eigenvalue weighted by atomic mass is 10.1. The number of nitrogens with zero attached hydrogens (tertiary/aromatic N) is 1. The molecule has 0 spiro atoms. The van der Waals surface area contributed by atoms with Crippen LogP contribution in [0.4, 0.5) is 4.39 Å². The van der Waals surface area contributed by atoms with Gasteiger partial charge in [-0.05, 0) is 45.3 Å². The molecule has 0 aliphatic carbocycles. The molecule has 0 amide bonds. The van der Waals surface area contributed by atoms with Crippen LogP contribution in [-0.2, 0) is 7.05 Å². The molecule has 2 aromatic rings. The van der Waals surface area contributed by atoms with Crippen LogP contribution in [0, 0.1) is 5.82 Å². The van der Waals surface area contributed by atoms with Gasteiger partial charge in [0.25, 0.3) is 5.56 Å². The number of benzene rings is 1. The van der Waals surface area contributed by atoms with E-state index in [9.17, 15) is 9.18 Å². The Balaban J connectivity index is 2.32. The first-order chi connectivity index (χ1) is 8.58. The standard InChI is InChI=1S/C14H11BrFNO/c1-17-9-8-11(13(15)14(17)18)5-2-10-3-6-12(16)7-4-10/h2-9H,1H3/b5-2+. The number of hydrogen-bond acceptors (Lipinski definition) is 1. The summed E-state index contributed by atoms with van der Waals surface area (Å²) < 4.78 is 14.8. The molecule has 0 fully saturated rings. The summed E-state index contributed by atoms with van der Waals surface area (Å²) in [6.45, 7) is 0. The summed E-state index contributed by atoms with van der Waals surface area (Å²) in [6.07, 6.45) is 5.36. The predicted octanol–water partition coefficient (Wildman–Crippen LogP) is 3.46. The second-order valence-corrected chi connectivity index (χ2v) is 4.68. The van der Waals surface area contributed by atoms with Crippen molar-refractivity contribution in [2.75, 3.05) is 0 Å². The summed E-state index contributed by atoms with van der Waals surface area (Å²) in [5, 5.41) is 0. The van der Waals surface area contributed by atoms with Crippen LogP contribution in [0.15, 0.2) is 45.8 Å². The number of halogens is 2. The molecule has 92 valence electrons. The highest BCUT2D eigenvalue weighted by atomic mass is 79.9. The van der Waals surface area contributed by atoms with Gasteiger partial charge in [-0.15, -0.1) is 0 Å². The SMILES string of the molecule is Cn1ccc(/C=C/c2ccc(F)cc2)c(Br)c1=O. The Bertz CT molecular complexity index is 644. The maximum absolute atomic E-state index is 12.7.